The van der Waals surface area contributed by atoms with Gasteiger partial charge in [0.15, 0.2) is 0 Å². The van der Waals surface area contributed by atoms with Gasteiger partial charge in [0.1, 0.15) is 0 Å². The Balaban J connectivity index is 1.04. The molecule has 1 aromatic carbocycles. The Labute approximate surface area is 211 Å². The molecule has 2 aromatic heterocycles. The fourth-order valence-corrected chi connectivity index (χ4v) is 8.26. The zero-order valence-corrected chi connectivity index (χ0v) is 20.4. The third kappa shape index (κ3) is 3.59. The first-order valence-corrected chi connectivity index (χ1v) is 13.3. The number of imidazole rings is 1. The minimum Gasteiger partial charge on any atom is -0.392 e. The van der Waals surface area contributed by atoms with Crippen LogP contribution in [0.1, 0.15) is 55.7 Å². The first-order valence-electron chi connectivity index (χ1n) is 13.3. The molecule has 0 radical (unpaired) electrons. The zero-order chi connectivity index (χ0) is 24.3. The van der Waals surface area contributed by atoms with Crippen LogP contribution < -0.4 is 10.9 Å². The second-order valence-corrected chi connectivity index (χ2v) is 11.6. The molecule has 4 bridgehead atoms. The standard InChI is InChI=1S/C29H33N5O2/c35-26(12-24-22-3-1-2-4-23(22)25-16-31-17-34(24)25)29-13-19-9-20(14-29)28(21(10-19)15-29)33-32-27(36)11-18-5-7-30-8-6-18/h1-8,16-17,19-21,24,26,28,33,35H,9-15H2,(H,32,36). The summed E-state index contributed by atoms with van der Waals surface area (Å²) >= 11 is 0. The van der Waals surface area contributed by atoms with Gasteiger partial charge in [-0.2, -0.15) is 0 Å². The van der Waals surface area contributed by atoms with Crippen molar-refractivity contribution in [1.29, 1.82) is 0 Å². The molecule has 7 heteroatoms. The van der Waals surface area contributed by atoms with E-state index in [1.165, 1.54) is 24.0 Å². The summed E-state index contributed by atoms with van der Waals surface area (Å²) in [7, 11) is 0. The normalized spacial score (nSPS) is 32.2. The van der Waals surface area contributed by atoms with Gasteiger partial charge in [-0.05, 0) is 85.0 Å². The smallest absolute Gasteiger partial charge is 0.238 e. The fourth-order valence-electron chi connectivity index (χ4n) is 8.26. The SMILES string of the molecule is O=C(Cc1ccncc1)NNC1C2CC3CC1CC(C(O)CC1c4ccccc4-c4cncn41)(C3)C2. The number of aromatic nitrogens is 3. The predicted octanol–water partition coefficient (Wildman–Crippen LogP) is 3.66. The highest BCUT2D eigenvalue weighted by atomic mass is 16.3. The van der Waals surface area contributed by atoms with Gasteiger partial charge >= 0.3 is 0 Å². The van der Waals surface area contributed by atoms with E-state index >= 15 is 0 Å². The molecular weight excluding hydrogens is 450 g/mol. The Kier molecular flexibility index (Phi) is 5.26. The molecule has 3 N–H and O–H groups in total. The van der Waals surface area contributed by atoms with E-state index in [0.717, 1.165) is 36.9 Å². The van der Waals surface area contributed by atoms with Crippen LogP contribution in [0.25, 0.3) is 11.3 Å². The average molecular weight is 484 g/mol. The molecule has 4 fully saturated rings. The van der Waals surface area contributed by atoms with E-state index in [0.29, 0.717) is 24.2 Å². The minimum absolute atomic E-state index is 0.0132. The van der Waals surface area contributed by atoms with E-state index in [9.17, 15) is 9.90 Å². The van der Waals surface area contributed by atoms with E-state index in [-0.39, 0.29) is 29.5 Å². The number of carbonyl (C=O) groups excluding carboxylic acids is 1. The molecule has 1 amide bonds. The van der Waals surface area contributed by atoms with Crippen molar-refractivity contribution in [2.45, 2.75) is 63.1 Å². The summed E-state index contributed by atoms with van der Waals surface area (Å²) in [5.74, 6) is 1.65. The number of amides is 1. The number of fused-ring (bicyclic) bond motifs is 3. The monoisotopic (exact) mass is 483 g/mol. The number of hydrogen-bond acceptors (Lipinski definition) is 5. The highest BCUT2D eigenvalue weighted by Gasteiger charge is 2.58. The van der Waals surface area contributed by atoms with Gasteiger partial charge < -0.3 is 9.67 Å². The second-order valence-electron chi connectivity index (χ2n) is 11.6. The number of benzene rings is 1. The molecule has 4 aliphatic carbocycles. The average Bonchev–Trinajstić information content (AvgIpc) is 3.46. The maximum Gasteiger partial charge on any atom is 0.238 e. The van der Waals surface area contributed by atoms with Crippen molar-refractivity contribution in [3.8, 4) is 11.3 Å². The number of nitrogens with one attached hydrogen (secondary N) is 2. The number of pyridine rings is 1. The van der Waals surface area contributed by atoms with E-state index in [2.05, 4.69) is 49.7 Å². The topological polar surface area (TPSA) is 92.1 Å². The summed E-state index contributed by atoms with van der Waals surface area (Å²) in [5, 5.41) is 11.8. The number of aliphatic hydroxyl groups excluding tert-OH is 1. The summed E-state index contributed by atoms with van der Waals surface area (Å²) in [6.45, 7) is 0. The summed E-state index contributed by atoms with van der Waals surface area (Å²) in [4.78, 5) is 21.0. The molecule has 0 spiro atoms. The van der Waals surface area contributed by atoms with Crippen LogP contribution in [-0.4, -0.2) is 37.7 Å². The third-order valence-corrected chi connectivity index (χ3v) is 9.56. The molecule has 7 nitrogen and oxygen atoms in total. The largest absolute Gasteiger partial charge is 0.392 e. The maximum absolute atomic E-state index is 12.6. The maximum atomic E-state index is 12.6. The van der Waals surface area contributed by atoms with Gasteiger partial charge in [0, 0.05) is 24.0 Å². The first-order chi connectivity index (χ1) is 17.6. The first kappa shape index (κ1) is 22.2. The van der Waals surface area contributed by atoms with Crippen molar-refractivity contribution >= 4 is 5.91 Å². The molecule has 0 saturated heterocycles. The molecule has 5 aliphatic rings. The molecule has 4 atom stereocenters. The van der Waals surface area contributed by atoms with Crippen LogP contribution in [0, 0.1) is 23.2 Å². The van der Waals surface area contributed by atoms with Crippen LogP contribution in [0.4, 0.5) is 0 Å². The molecule has 36 heavy (non-hydrogen) atoms. The van der Waals surface area contributed by atoms with Gasteiger partial charge in [-0.15, -0.1) is 0 Å². The van der Waals surface area contributed by atoms with Gasteiger partial charge in [-0.3, -0.25) is 15.2 Å². The van der Waals surface area contributed by atoms with Crippen molar-refractivity contribution in [3.05, 3.63) is 72.4 Å². The van der Waals surface area contributed by atoms with E-state index in [1.54, 1.807) is 12.4 Å². The van der Waals surface area contributed by atoms with Gasteiger partial charge in [0.25, 0.3) is 0 Å². The van der Waals surface area contributed by atoms with E-state index in [4.69, 9.17) is 0 Å². The number of hydrazine groups is 1. The molecule has 1 aliphatic heterocycles. The molecule has 8 rings (SSSR count). The van der Waals surface area contributed by atoms with Gasteiger partial charge in [-0.25, -0.2) is 10.4 Å². The summed E-state index contributed by atoms with van der Waals surface area (Å²) in [5.41, 5.74) is 11.1. The van der Waals surface area contributed by atoms with Crippen molar-refractivity contribution in [2.75, 3.05) is 0 Å². The molecule has 3 heterocycles. The third-order valence-electron chi connectivity index (χ3n) is 9.56. The summed E-state index contributed by atoms with van der Waals surface area (Å²) in [6, 6.07) is 12.7. The summed E-state index contributed by atoms with van der Waals surface area (Å²) in [6.07, 6.45) is 13.6. The Bertz CT molecular complexity index is 1260. The van der Waals surface area contributed by atoms with Crippen LogP contribution in [-0.2, 0) is 11.2 Å². The lowest BCUT2D eigenvalue weighted by atomic mass is 9.46. The Hall–Kier alpha value is -3.03. The van der Waals surface area contributed by atoms with Gasteiger partial charge in [-0.1, -0.05) is 24.3 Å². The number of carbonyl (C=O) groups is 1. The van der Waals surface area contributed by atoms with Gasteiger partial charge in [0.05, 0.1) is 36.8 Å². The summed E-state index contributed by atoms with van der Waals surface area (Å²) < 4.78 is 2.25. The van der Waals surface area contributed by atoms with Crippen LogP contribution in [0.3, 0.4) is 0 Å². The number of aliphatic hydroxyl groups is 1. The van der Waals surface area contributed by atoms with Crippen LogP contribution in [0.15, 0.2) is 61.3 Å². The lowest BCUT2D eigenvalue weighted by molar-refractivity contribution is -0.142. The Morgan fingerprint density at radius 3 is 2.67 bits per heavy atom. The van der Waals surface area contributed by atoms with Crippen LogP contribution >= 0.6 is 0 Å². The van der Waals surface area contributed by atoms with Crippen molar-refractivity contribution in [1.82, 2.24) is 25.4 Å². The van der Waals surface area contributed by atoms with Gasteiger partial charge in [0.2, 0.25) is 5.91 Å². The number of hydrogen-bond donors (Lipinski definition) is 3. The number of rotatable bonds is 7. The molecule has 3 aromatic rings. The highest BCUT2D eigenvalue weighted by Crippen LogP contribution is 2.62. The van der Waals surface area contributed by atoms with Crippen molar-refractivity contribution < 1.29 is 9.90 Å². The molecule has 4 saturated carbocycles. The Morgan fingerprint density at radius 2 is 1.86 bits per heavy atom. The molecule has 4 unspecified atom stereocenters. The predicted molar refractivity (Wildman–Crippen MR) is 135 cm³/mol. The van der Waals surface area contributed by atoms with Crippen LogP contribution in [0.5, 0.6) is 0 Å². The van der Waals surface area contributed by atoms with Crippen LogP contribution in [0.2, 0.25) is 0 Å². The lowest BCUT2D eigenvalue weighted by Gasteiger charge is -2.61. The van der Waals surface area contributed by atoms with Crippen molar-refractivity contribution in [2.24, 2.45) is 23.2 Å². The minimum atomic E-state index is -0.348. The fraction of sp³-hybridized carbons (Fsp3) is 0.483. The quantitative estimate of drug-likeness (QED) is 0.446. The molecular formula is C29H33N5O2. The lowest BCUT2D eigenvalue weighted by Crippen LogP contribution is -2.63. The number of nitrogens with zero attached hydrogens (tertiary/aromatic N) is 3. The Morgan fingerprint density at radius 1 is 1.08 bits per heavy atom. The zero-order valence-electron chi connectivity index (χ0n) is 20.4. The highest BCUT2D eigenvalue weighted by molar-refractivity contribution is 5.78. The van der Waals surface area contributed by atoms with Crippen molar-refractivity contribution in [3.63, 3.8) is 0 Å². The van der Waals surface area contributed by atoms with E-state index < -0.39 is 0 Å². The molecule has 186 valence electrons. The second kappa shape index (κ2) is 8.53. The van der Waals surface area contributed by atoms with E-state index in [1.807, 2.05) is 24.7 Å².